The van der Waals surface area contributed by atoms with Crippen LogP contribution in [0.2, 0.25) is 0 Å². The number of hydrogen-bond donors (Lipinski definition) is 0. The summed E-state index contributed by atoms with van der Waals surface area (Å²) < 4.78 is 23.8. The van der Waals surface area contributed by atoms with Gasteiger partial charge in [-0.3, -0.25) is 0 Å². The molecule has 0 aromatic heterocycles. The Morgan fingerprint density at radius 3 is 1.34 bits per heavy atom. The fraction of sp³-hybridized carbons (Fsp3) is 0.417. The minimum Gasteiger partial charge on any atom is -0.481 e. The van der Waals surface area contributed by atoms with E-state index in [9.17, 15) is 9.59 Å². The van der Waals surface area contributed by atoms with Gasteiger partial charge >= 0.3 is 11.9 Å². The normalized spacial score (nSPS) is 11.6. The molecule has 0 heterocycles. The van der Waals surface area contributed by atoms with Gasteiger partial charge in [0.25, 0.3) is 0 Å². The highest BCUT2D eigenvalue weighted by atomic mass is 127. The van der Waals surface area contributed by atoms with E-state index in [0.29, 0.717) is 11.5 Å². The molecular weight excluding hydrogens is 638 g/mol. The average Bonchev–Trinajstić information content (AvgIpc) is 2.64. The van der Waals surface area contributed by atoms with Gasteiger partial charge < -0.3 is 18.9 Å². The molecule has 0 atom stereocenters. The van der Waals surface area contributed by atoms with Gasteiger partial charge in [-0.15, -0.1) is 0 Å². The molecule has 0 spiro atoms. The van der Waals surface area contributed by atoms with Crippen LogP contribution >= 0.6 is 45.2 Å². The molecule has 0 amide bonds. The zero-order chi connectivity index (χ0) is 24.1. The molecular formula is C24H28I2O6. The lowest BCUT2D eigenvalue weighted by atomic mass is 10.1. The molecule has 0 saturated heterocycles. The molecule has 0 bridgehead atoms. The van der Waals surface area contributed by atoms with Crippen LogP contribution in [0.4, 0.5) is 0 Å². The third kappa shape index (κ3) is 9.13. The third-order valence-corrected chi connectivity index (χ3v) is 5.51. The van der Waals surface area contributed by atoms with E-state index in [1.165, 1.54) is 0 Å². The van der Waals surface area contributed by atoms with E-state index >= 15 is 0 Å². The molecule has 0 unspecified atom stereocenters. The molecule has 0 aliphatic rings. The summed E-state index contributed by atoms with van der Waals surface area (Å²) in [4.78, 5) is 24.0. The maximum absolute atomic E-state index is 12.0. The van der Waals surface area contributed by atoms with Crippen molar-refractivity contribution in [3.63, 3.8) is 0 Å². The van der Waals surface area contributed by atoms with Gasteiger partial charge in [0, 0.05) is 0 Å². The largest absolute Gasteiger partial charge is 0.481 e. The van der Waals surface area contributed by atoms with Crippen LogP contribution in [0.3, 0.4) is 0 Å². The van der Waals surface area contributed by atoms with Gasteiger partial charge in [0.05, 0.1) is 7.14 Å². The molecule has 174 valence electrons. The lowest BCUT2D eigenvalue weighted by Crippen LogP contribution is -2.27. The second kappa shape index (κ2) is 11.0. The van der Waals surface area contributed by atoms with Crippen LogP contribution in [-0.4, -0.2) is 36.4 Å². The summed E-state index contributed by atoms with van der Waals surface area (Å²) >= 11 is 4.32. The van der Waals surface area contributed by atoms with E-state index in [1.54, 1.807) is 0 Å². The Balaban J connectivity index is 2.14. The van der Waals surface area contributed by atoms with E-state index in [1.807, 2.05) is 77.9 Å². The van der Waals surface area contributed by atoms with Gasteiger partial charge in [-0.25, -0.2) is 9.59 Å². The Bertz CT molecular complexity index is 894. The van der Waals surface area contributed by atoms with E-state index in [4.69, 9.17) is 18.9 Å². The van der Waals surface area contributed by atoms with Gasteiger partial charge in [0.1, 0.15) is 22.7 Å². The molecule has 0 aliphatic heterocycles. The zero-order valence-corrected chi connectivity index (χ0v) is 23.4. The number of hydrogen-bond acceptors (Lipinski definition) is 6. The van der Waals surface area contributed by atoms with Crippen LogP contribution < -0.4 is 9.47 Å². The number of carbonyl (C=O) groups excluding carboxylic acids is 2. The Hall–Kier alpha value is -1.56. The highest BCUT2D eigenvalue weighted by Gasteiger charge is 2.18. The van der Waals surface area contributed by atoms with Crippen molar-refractivity contribution >= 4 is 57.1 Å². The summed E-state index contributed by atoms with van der Waals surface area (Å²) in [7, 11) is 0. The van der Waals surface area contributed by atoms with Crippen LogP contribution in [0.1, 0.15) is 41.5 Å². The molecule has 32 heavy (non-hydrogen) atoms. The Morgan fingerprint density at radius 2 is 1.03 bits per heavy atom. The lowest BCUT2D eigenvalue weighted by Gasteiger charge is -2.20. The lowest BCUT2D eigenvalue weighted by molar-refractivity contribution is -0.158. The summed E-state index contributed by atoms with van der Waals surface area (Å²) in [5, 5.41) is 0. The van der Waals surface area contributed by atoms with Crippen molar-refractivity contribution in [2.45, 2.75) is 52.7 Å². The van der Waals surface area contributed by atoms with Crippen LogP contribution in [0.5, 0.6) is 11.5 Å². The molecule has 0 N–H and O–H groups in total. The fourth-order valence-electron chi connectivity index (χ4n) is 2.60. The zero-order valence-electron chi connectivity index (χ0n) is 19.1. The second-order valence-corrected chi connectivity index (χ2v) is 11.4. The van der Waals surface area contributed by atoms with E-state index in [0.717, 1.165) is 18.3 Å². The van der Waals surface area contributed by atoms with Crippen molar-refractivity contribution in [3.05, 3.63) is 43.5 Å². The summed E-state index contributed by atoms with van der Waals surface area (Å²) in [5.74, 6) is 0.323. The van der Waals surface area contributed by atoms with Crippen LogP contribution in [-0.2, 0) is 19.1 Å². The molecule has 2 aromatic carbocycles. The van der Waals surface area contributed by atoms with Crippen LogP contribution in [0.25, 0.3) is 11.1 Å². The van der Waals surface area contributed by atoms with Gasteiger partial charge in [-0.05, 0) is 122 Å². The highest BCUT2D eigenvalue weighted by Crippen LogP contribution is 2.32. The Morgan fingerprint density at radius 1 is 0.688 bits per heavy atom. The summed E-state index contributed by atoms with van der Waals surface area (Å²) in [6, 6.07) is 11.5. The number of benzene rings is 2. The highest BCUT2D eigenvalue weighted by molar-refractivity contribution is 14.1. The van der Waals surface area contributed by atoms with Gasteiger partial charge in [0.15, 0.2) is 13.2 Å². The third-order valence-electron chi connectivity index (χ3n) is 3.73. The van der Waals surface area contributed by atoms with Crippen molar-refractivity contribution in [2.75, 3.05) is 13.2 Å². The minimum absolute atomic E-state index is 0.173. The second-order valence-electron chi connectivity index (χ2n) is 9.04. The topological polar surface area (TPSA) is 71.1 Å². The molecule has 0 radical (unpaired) electrons. The van der Waals surface area contributed by atoms with Crippen molar-refractivity contribution in [2.24, 2.45) is 0 Å². The van der Waals surface area contributed by atoms with Crippen molar-refractivity contribution in [3.8, 4) is 22.6 Å². The first-order valence-corrected chi connectivity index (χ1v) is 12.2. The predicted octanol–water partition coefficient (Wildman–Crippen LogP) is 6.00. The van der Waals surface area contributed by atoms with Gasteiger partial charge in [0.2, 0.25) is 0 Å². The van der Waals surface area contributed by atoms with E-state index in [2.05, 4.69) is 45.2 Å². The molecule has 0 aliphatic carbocycles. The average molecular weight is 666 g/mol. The first-order valence-electron chi connectivity index (χ1n) is 10.0. The number of halogens is 2. The number of rotatable bonds is 7. The van der Waals surface area contributed by atoms with Gasteiger partial charge in [-0.2, -0.15) is 0 Å². The predicted molar refractivity (Wildman–Crippen MR) is 140 cm³/mol. The van der Waals surface area contributed by atoms with Crippen molar-refractivity contribution in [1.29, 1.82) is 0 Å². The van der Waals surface area contributed by atoms with Crippen molar-refractivity contribution < 1.29 is 28.5 Å². The molecule has 2 aromatic rings. The Labute approximate surface area is 216 Å². The molecule has 8 heteroatoms. The number of esters is 2. The fourth-order valence-corrected chi connectivity index (χ4v) is 3.58. The smallest absolute Gasteiger partial charge is 0.344 e. The first kappa shape index (κ1) is 26.7. The Kier molecular flexibility index (Phi) is 9.21. The summed E-state index contributed by atoms with van der Waals surface area (Å²) in [6.07, 6.45) is 0. The quantitative estimate of drug-likeness (QED) is 0.267. The SMILES string of the molecule is CC(C)(C)OC(=O)COc1cc(-c2ccc(I)c(OCC(=O)OC(C)(C)C)c2)ccc1I. The number of carbonyl (C=O) groups is 2. The van der Waals surface area contributed by atoms with Crippen LogP contribution in [0, 0.1) is 7.14 Å². The number of ether oxygens (including phenoxy) is 4. The standard InChI is InChI=1S/C24H28I2O6/c1-23(2,3)31-21(27)13-29-19-11-15(7-9-17(19)25)16-8-10-18(26)20(12-16)30-14-22(28)32-24(4,5)6/h7-12H,13-14H2,1-6H3. The van der Waals surface area contributed by atoms with Crippen LogP contribution in [0.15, 0.2) is 36.4 Å². The monoisotopic (exact) mass is 666 g/mol. The summed E-state index contributed by atoms with van der Waals surface area (Å²) in [6.45, 7) is 10.5. The maximum Gasteiger partial charge on any atom is 0.344 e. The van der Waals surface area contributed by atoms with Gasteiger partial charge in [-0.1, -0.05) is 12.1 Å². The first-order chi connectivity index (χ1) is 14.7. The molecule has 6 nitrogen and oxygen atoms in total. The molecule has 0 fully saturated rings. The van der Waals surface area contributed by atoms with Crippen molar-refractivity contribution in [1.82, 2.24) is 0 Å². The maximum atomic E-state index is 12.0. The van der Waals surface area contributed by atoms with E-state index < -0.39 is 23.1 Å². The summed E-state index contributed by atoms with van der Waals surface area (Å²) in [5.41, 5.74) is 0.657. The molecule has 2 rings (SSSR count). The minimum atomic E-state index is -0.563. The van der Waals surface area contributed by atoms with E-state index in [-0.39, 0.29) is 13.2 Å². The molecule has 0 saturated carbocycles.